The summed E-state index contributed by atoms with van der Waals surface area (Å²) >= 11 is 0. The van der Waals surface area contributed by atoms with Crippen molar-refractivity contribution in [1.82, 2.24) is 4.98 Å². The van der Waals surface area contributed by atoms with E-state index in [4.69, 9.17) is 19.6 Å². The molecule has 0 fully saturated rings. The molecule has 0 aliphatic carbocycles. The average molecular weight is 296 g/mol. The Morgan fingerprint density at radius 1 is 0.909 bits per heavy atom. The van der Waals surface area contributed by atoms with Gasteiger partial charge in [-0.3, -0.25) is 0 Å². The first-order valence-electron chi connectivity index (χ1n) is 6.75. The van der Waals surface area contributed by atoms with Gasteiger partial charge >= 0.3 is 0 Å². The molecule has 112 valence electrons. The highest BCUT2D eigenvalue weighted by Gasteiger charge is 2.11. The number of nitrogens with zero attached hydrogens (tertiary/aromatic N) is 1. The molecule has 0 saturated carbocycles. The molecule has 0 unspecified atom stereocenters. The van der Waals surface area contributed by atoms with Gasteiger partial charge in [-0.05, 0) is 42.5 Å². The number of ether oxygens (including phenoxy) is 2. The van der Waals surface area contributed by atoms with E-state index in [9.17, 15) is 0 Å². The van der Waals surface area contributed by atoms with Gasteiger partial charge in [0.2, 0.25) is 5.89 Å². The molecule has 0 radical (unpaired) electrons. The van der Waals surface area contributed by atoms with Gasteiger partial charge in [0.05, 0.1) is 20.4 Å². The van der Waals surface area contributed by atoms with Crippen LogP contribution >= 0.6 is 0 Å². The molecule has 0 aliphatic heterocycles. The third-order valence-corrected chi connectivity index (χ3v) is 3.33. The molecule has 0 spiro atoms. The summed E-state index contributed by atoms with van der Waals surface area (Å²) in [4.78, 5) is 4.31. The van der Waals surface area contributed by atoms with Gasteiger partial charge in [-0.15, -0.1) is 0 Å². The van der Waals surface area contributed by atoms with Gasteiger partial charge in [0.15, 0.2) is 17.3 Å². The Kier molecular flexibility index (Phi) is 3.70. The highest BCUT2D eigenvalue weighted by molar-refractivity contribution is 5.65. The van der Waals surface area contributed by atoms with Crippen molar-refractivity contribution in [2.75, 3.05) is 20.0 Å². The molecule has 0 aliphatic rings. The maximum atomic E-state index is 5.82. The minimum Gasteiger partial charge on any atom is -0.493 e. The lowest BCUT2D eigenvalue weighted by molar-refractivity contribution is 0.355. The first-order chi connectivity index (χ1) is 10.7. The summed E-state index contributed by atoms with van der Waals surface area (Å²) in [6.07, 6.45) is 1.69. The van der Waals surface area contributed by atoms with Crippen LogP contribution in [0, 0.1) is 0 Å². The minimum atomic E-state index is 0.546. The van der Waals surface area contributed by atoms with Crippen LogP contribution in [0.25, 0.3) is 22.8 Å². The van der Waals surface area contributed by atoms with Crippen molar-refractivity contribution in [3.8, 4) is 34.3 Å². The number of benzene rings is 2. The fraction of sp³-hybridized carbons (Fsp3) is 0.118. The molecule has 22 heavy (non-hydrogen) atoms. The number of anilines is 1. The summed E-state index contributed by atoms with van der Waals surface area (Å²) < 4.78 is 16.4. The van der Waals surface area contributed by atoms with E-state index in [0.717, 1.165) is 11.1 Å². The van der Waals surface area contributed by atoms with E-state index in [1.54, 1.807) is 20.4 Å². The van der Waals surface area contributed by atoms with Crippen LogP contribution in [0.1, 0.15) is 0 Å². The van der Waals surface area contributed by atoms with Crippen LogP contribution in [0.4, 0.5) is 5.69 Å². The zero-order chi connectivity index (χ0) is 15.5. The lowest BCUT2D eigenvalue weighted by Crippen LogP contribution is -1.90. The van der Waals surface area contributed by atoms with Crippen LogP contribution in [0.2, 0.25) is 0 Å². The zero-order valence-electron chi connectivity index (χ0n) is 12.4. The molecule has 1 aromatic heterocycles. The molecule has 0 atom stereocenters. The van der Waals surface area contributed by atoms with E-state index in [1.807, 2.05) is 42.5 Å². The Morgan fingerprint density at radius 3 is 2.27 bits per heavy atom. The largest absolute Gasteiger partial charge is 0.493 e. The van der Waals surface area contributed by atoms with Gasteiger partial charge in [0.25, 0.3) is 0 Å². The first-order valence-corrected chi connectivity index (χ1v) is 6.75. The van der Waals surface area contributed by atoms with Crippen LogP contribution in [0.15, 0.2) is 53.1 Å². The molecule has 2 N–H and O–H groups in total. The maximum absolute atomic E-state index is 5.82. The number of nitrogens with two attached hydrogens (primary N) is 1. The summed E-state index contributed by atoms with van der Waals surface area (Å²) in [5.74, 6) is 2.52. The average Bonchev–Trinajstić information content (AvgIpc) is 3.05. The number of nitrogen functional groups attached to an aromatic ring is 1. The smallest absolute Gasteiger partial charge is 0.226 e. The Morgan fingerprint density at radius 2 is 1.59 bits per heavy atom. The van der Waals surface area contributed by atoms with Crippen LogP contribution in [-0.4, -0.2) is 19.2 Å². The summed E-state index contributed by atoms with van der Waals surface area (Å²) in [6.45, 7) is 0. The quantitative estimate of drug-likeness (QED) is 0.745. The molecular weight excluding hydrogens is 280 g/mol. The van der Waals surface area contributed by atoms with Crippen molar-refractivity contribution in [3.05, 3.63) is 48.7 Å². The van der Waals surface area contributed by atoms with Crippen LogP contribution in [-0.2, 0) is 0 Å². The summed E-state index contributed by atoms with van der Waals surface area (Å²) in [5.41, 5.74) is 8.13. The maximum Gasteiger partial charge on any atom is 0.226 e. The molecule has 5 nitrogen and oxygen atoms in total. The first kappa shape index (κ1) is 14.0. The van der Waals surface area contributed by atoms with Gasteiger partial charge in [-0.25, -0.2) is 4.98 Å². The van der Waals surface area contributed by atoms with Gasteiger partial charge < -0.3 is 19.6 Å². The standard InChI is InChI=1S/C17H16N2O3/c1-20-14-8-5-12(9-15(14)21-2)16-10-19-17(22-16)11-3-6-13(18)7-4-11/h3-10H,18H2,1-2H3. The van der Waals surface area contributed by atoms with Gasteiger partial charge in [0, 0.05) is 16.8 Å². The van der Waals surface area contributed by atoms with Crippen molar-refractivity contribution >= 4 is 5.69 Å². The molecule has 3 rings (SSSR count). The zero-order valence-corrected chi connectivity index (χ0v) is 12.4. The Bertz CT molecular complexity index is 779. The molecule has 0 amide bonds. The highest BCUT2D eigenvalue weighted by atomic mass is 16.5. The van der Waals surface area contributed by atoms with Crippen molar-refractivity contribution < 1.29 is 13.9 Å². The van der Waals surface area contributed by atoms with Gasteiger partial charge in [-0.1, -0.05) is 0 Å². The number of methoxy groups -OCH3 is 2. The molecule has 0 bridgehead atoms. The monoisotopic (exact) mass is 296 g/mol. The molecule has 3 aromatic rings. The Balaban J connectivity index is 1.95. The lowest BCUT2D eigenvalue weighted by Gasteiger charge is -2.08. The molecule has 1 heterocycles. The second-order valence-electron chi connectivity index (χ2n) is 4.72. The minimum absolute atomic E-state index is 0.546. The molecular formula is C17H16N2O3. The van der Waals surface area contributed by atoms with E-state index in [0.29, 0.717) is 28.8 Å². The van der Waals surface area contributed by atoms with Crippen molar-refractivity contribution in [3.63, 3.8) is 0 Å². The van der Waals surface area contributed by atoms with Gasteiger partial charge in [0.1, 0.15) is 0 Å². The Hall–Kier alpha value is -2.95. The van der Waals surface area contributed by atoms with E-state index in [1.165, 1.54) is 0 Å². The fourth-order valence-electron chi connectivity index (χ4n) is 2.16. The summed E-state index contributed by atoms with van der Waals surface area (Å²) in [6, 6.07) is 13.0. The van der Waals surface area contributed by atoms with Gasteiger partial charge in [-0.2, -0.15) is 0 Å². The van der Waals surface area contributed by atoms with E-state index in [-0.39, 0.29) is 0 Å². The van der Waals surface area contributed by atoms with E-state index in [2.05, 4.69) is 4.98 Å². The van der Waals surface area contributed by atoms with E-state index < -0.39 is 0 Å². The third kappa shape index (κ3) is 2.61. The molecule has 2 aromatic carbocycles. The third-order valence-electron chi connectivity index (χ3n) is 3.33. The lowest BCUT2D eigenvalue weighted by atomic mass is 10.1. The highest BCUT2D eigenvalue weighted by Crippen LogP contribution is 2.33. The van der Waals surface area contributed by atoms with Crippen LogP contribution < -0.4 is 15.2 Å². The normalized spacial score (nSPS) is 10.5. The molecule has 5 heteroatoms. The number of hydrogen-bond donors (Lipinski definition) is 1. The molecule has 0 saturated heterocycles. The number of hydrogen-bond acceptors (Lipinski definition) is 5. The number of rotatable bonds is 4. The SMILES string of the molecule is COc1ccc(-c2cnc(-c3ccc(N)cc3)o2)cc1OC. The Labute approximate surface area is 128 Å². The predicted octanol–water partition coefficient (Wildman–Crippen LogP) is 3.61. The number of aromatic nitrogens is 1. The summed E-state index contributed by atoms with van der Waals surface area (Å²) in [7, 11) is 3.20. The predicted molar refractivity (Wildman–Crippen MR) is 84.9 cm³/mol. The fourth-order valence-corrected chi connectivity index (χ4v) is 2.16. The second kappa shape index (κ2) is 5.81. The van der Waals surface area contributed by atoms with Crippen molar-refractivity contribution in [2.45, 2.75) is 0 Å². The number of oxazole rings is 1. The van der Waals surface area contributed by atoms with Crippen LogP contribution in [0.5, 0.6) is 11.5 Å². The van der Waals surface area contributed by atoms with E-state index >= 15 is 0 Å². The summed E-state index contributed by atoms with van der Waals surface area (Å²) in [5, 5.41) is 0. The van der Waals surface area contributed by atoms with Crippen molar-refractivity contribution in [2.24, 2.45) is 0 Å². The van der Waals surface area contributed by atoms with Crippen molar-refractivity contribution in [1.29, 1.82) is 0 Å². The van der Waals surface area contributed by atoms with Crippen LogP contribution in [0.3, 0.4) is 0 Å². The second-order valence-corrected chi connectivity index (χ2v) is 4.72. The topological polar surface area (TPSA) is 70.5 Å².